The first-order valence-corrected chi connectivity index (χ1v) is 8.42. The molecule has 0 fully saturated rings. The summed E-state index contributed by atoms with van der Waals surface area (Å²) < 4.78 is 5.61. The van der Waals surface area contributed by atoms with Crippen molar-refractivity contribution in [3.63, 3.8) is 0 Å². The number of rotatable bonds is 4. The molecule has 7 nitrogen and oxygen atoms in total. The molecule has 0 atom stereocenters. The van der Waals surface area contributed by atoms with E-state index >= 15 is 0 Å². The quantitative estimate of drug-likeness (QED) is 0.700. The van der Waals surface area contributed by atoms with E-state index in [1.807, 2.05) is 25.1 Å². The highest BCUT2D eigenvalue weighted by Gasteiger charge is 2.10. The van der Waals surface area contributed by atoms with E-state index < -0.39 is 5.97 Å². The number of aromatic nitrogens is 2. The van der Waals surface area contributed by atoms with Crippen molar-refractivity contribution in [2.75, 3.05) is 19.0 Å². The molecule has 8 heteroatoms. The number of anilines is 1. The minimum absolute atomic E-state index is 0.259. The van der Waals surface area contributed by atoms with Crippen LogP contribution in [-0.2, 0) is 4.74 Å². The first-order valence-electron chi connectivity index (χ1n) is 7.61. The van der Waals surface area contributed by atoms with E-state index in [0.29, 0.717) is 11.7 Å². The number of methoxy groups -OCH3 is 1. The average Bonchev–Trinajstić information content (AvgIpc) is 3.02. The SMILES string of the molecule is CCNC(=O)Nc1nc2cc(-c3ccc(C(=O)OC)nc3)ccc2s1. The van der Waals surface area contributed by atoms with Crippen molar-refractivity contribution in [3.05, 3.63) is 42.2 Å². The van der Waals surface area contributed by atoms with Crippen molar-refractivity contribution >= 4 is 38.7 Å². The number of carbonyl (C=O) groups is 2. The van der Waals surface area contributed by atoms with Crippen LogP contribution in [0.5, 0.6) is 0 Å². The first kappa shape index (κ1) is 16.8. The second-order valence-corrected chi connectivity index (χ2v) is 6.14. The van der Waals surface area contributed by atoms with Crippen molar-refractivity contribution in [1.82, 2.24) is 15.3 Å². The van der Waals surface area contributed by atoms with Crippen LogP contribution in [0, 0.1) is 0 Å². The number of esters is 1. The molecule has 2 N–H and O–H groups in total. The van der Waals surface area contributed by atoms with Crippen LogP contribution < -0.4 is 10.6 Å². The minimum Gasteiger partial charge on any atom is -0.464 e. The Morgan fingerprint density at radius 3 is 2.68 bits per heavy atom. The number of hydrogen-bond acceptors (Lipinski definition) is 6. The van der Waals surface area contributed by atoms with Crippen LogP contribution in [0.25, 0.3) is 21.3 Å². The highest BCUT2D eigenvalue weighted by molar-refractivity contribution is 7.22. The van der Waals surface area contributed by atoms with Crippen LogP contribution in [-0.4, -0.2) is 35.6 Å². The summed E-state index contributed by atoms with van der Waals surface area (Å²) in [5, 5.41) is 5.92. The van der Waals surface area contributed by atoms with Gasteiger partial charge in [-0.2, -0.15) is 0 Å². The topological polar surface area (TPSA) is 93.2 Å². The Bertz CT molecular complexity index is 921. The Kier molecular flexibility index (Phi) is 4.90. The Labute approximate surface area is 148 Å². The van der Waals surface area contributed by atoms with Crippen LogP contribution in [0.3, 0.4) is 0 Å². The highest BCUT2D eigenvalue weighted by Crippen LogP contribution is 2.30. The van der Waals surface area contributed by atoms with Gasteiger partial charge in [-0.1, -0.05) is 23.5 Å². The summed E-state index contributed by atoms with van der Waals surface area (Å²) in [5.41, 5.74) is 2.83. The van der Waals surface area contributed by atoms with Crippen LogP contribution in [0.2, 0.25) is 0 Å². The molecule has 2 heterocycles. The third-order valence-corrected chi connectivity index (χ3v) is 4.39. The van der Waals surface area contributed by atoms with Gasteiger partial charge in [-0.25, -0.2) is 19.6 Å². The van der Waals surface area contributed by atoms with E-state index in [9.17, 15) is 9.59 Å². The number of pyridine rings is 1. The highest BCUT2D eigenvalue weighted by atomic mass is 32.1. The van der Waals surface area contributed by atoms with Gasteiger partial charge in [0.25, 0.3) is 0 Å². The maximum Gasteiger partial charge on any atom is 0.356 e. The van der Waals surface area contributed by atoms with Gasteiger partial charge in [0.1, 0.15) is 5.69 Å². The van der Waals surface area contributed by atoms with Gasteiger partial charge in [0.2, 0.25) is 0 Å². The molecular formula is C17H16N4O3S. The summed E-state index contributed by atoms with van der Waals surface area (Å²) >= 11 is 1.40. The number of carbonyl (C=O) groups excluding carboxylic acids is 2. The van der Waals surface area contributed by atoms with Crippen LogP contribution in [0.4, 0.5) is 9.93 Å². The summed E-state index contributed by atoms with van der Waals surface area (Å²) in [6, 6.07) is 8.97. The molecule has 3 rings (SSSR count). The van der Waals surface area contributed by atoms with Crippen LogP contribution in [0.15, 0.2) is 36.5 Å². The zero-order valence-corrected chi connectivity index (χ0v) is 14.5. The van der Waals surface area contributed by atoms with E-state index in [2.05, 4.69) is 25.3 Å². The molecule has 0 unspecified atom stereocenters. The van der Waals surface area contributed by atoms with E-state index in [0.717, 1.165) is 21.3 Å². The normalized spacial score (nSPS) is 10.5. The van der Waals surface area contributed by atoms with Crippen molar-refractivity contribution in [2.45, 2.75) is 6.92 Å². The summed E-state index contributed by atoms with van der Waals surface area (Å²) in [4.78, 5) is 31.6. The number of nitrogens with one attached hydrogen (secondary N) is 2. The number of fused-ring (bicyclic) bond motifs is 1. The summed E-state index contributed by atoms with van der Waals surface area (Å²) in [6.07, 6.45) is 1.62. The summed E-state index contributed by atoms with van der Waals surface area (Å²) in [7, 11) is 1.32. The lowest BCUT2D eigenvalue weighted by Gasteiger charge is -2.02. The lowest BCUT2D eigenvalue weighted by atomic mass is 10.1. The molecule has 3 aromatic rings. The van der Waals surface area contributed by atoms with Crippen molar-refractivity contribution in [2.24, 2.45) is 0 Å². The molecule has 1 aromatic carbocycles. The van der Waals surface area contributed by atoms with Gasteiger partial charge in [0.05, 0.1) is 17.3 Å². The number of nitrogens with zero attached hydrogens (tertiary/aromatic N) is 2. The first-order chi connectivity index (χ1) is 12.1. The molecule has 2 amide bonds. The van der Waals surface area contributed by atoms with Crippen LogP contribution in [0.1, 0.15) is 17.4 Å². The van der Waals surface area contributed by atoms with Gasteiger partial charge in [-0.05, 0) is 30.7 Å². The average molecular weight is 356 g/mol. The Morgan fingerprint density at radius 2 is 2.00 bits per heavy atom. The monoisotopic (exact) mass is 356 g/mol. The molecular weight excluding hydrogens is 340 g/mol. The van der Waals surface area contributed by atoms with E-state index in [-0.39, 0.29) is 11.7 Å². The molecule has 128 valence electrons. The van der Waals surface area contributed by atoms with Gasteiger partial charge in [-0.3, -0.25) is 5.32 Å². The summed E-state index contributed by atoms with van der Waals surface area (Å²) in [5.74, 6) is -0.470. The second kappa shape index (κ2) is 7.27. The second-order valence-electron chi connectivity index (χ2n) is 5.11. The number of urea groups is 1. The van der Waals surface area contributed by atoms with Gasteiger partial charge in [0.15, 0.2) is 5.13 Å². The molecule has 0 radical (unpaired) electrons. The third kappa shape index (κ3) is 3.74. The molecule has 0 bridgehead atoms. The van der Waals surface area contributed by atoms with Gasteiger partial charge >= 0.3 is 12.0 Å². The molecule has 0 aliphatic carbocycles. The third-order valence-electron chi connectivity index (χ3n) is 3.44. The van der Waals surface area contributed by atoms with Gasteiger partial charge in [-0.15, -0.1) is 0 Å². The predicted molar refractivity (Wildman–Crippen MR) is 96.9 cm³/mol. The molecule has 0 aliphatic rings. The van der Waals surface area contributed by atoms with E-state index in [1.165, 1.54) is 18.4 Å². The molecule has 0 saturated carbocycles. The minimum atomic E-state index is -0.470. The maximum atomic E-state index is 11.6. The lowest BCUT2D eigenvalue weighted by molar-refractivity contribution is 0.0594. The Morgan fingerprint density at radius 1 is 1.20 bits per heavy atom. The number of ether oxygens (including phenoxy) is 1. The fourth-order valence-electron chi connectivity index (χ4n) is 2.25. The number of thiazole rings is 1. The number of hydrogen-bond donors (Lipinski definition) is 2. The van der Waals surface area contributed by atoms with Crippen LogP contribution >= 0.6 is 11.3 Å². The molecule has 0 aliphatic heterocycles. The predicted octanol–water partition coefficient (Wildman–Crippen LogP) is 3.29. The molecule has 25 heavy (non-hydrogen) atoms. The van der Waals surface area contributed by atoms with Crippen molar-refractivity contribution in [1.29, 1.82) is 0 Å². The zero-order chi connectivity index (χ0) is 17.8. The van der Waals surface area contributed by atoms with Crippen molar-refractivity contribution < 1.29 is 14.3 Å². The Hall–Kier alpha value is -3.00. The van der Waals surface area contributed by atoms with E-state index in [4.69, 9.17) is 0 Å². The van der Waals surface area contributed by atoms with Crippen molar-refractivity contribution in [3.8, 4) is 11.1 Å². The standard InChI is InChI=1S/C17H16N4O3S/c1-3-18-16(23)21-17-20-13-8-10(5-7-14(13)25-17)11-4-6-12(19-9-11)15(22)24-2/h4-9H,3H2,1-2H3,(H2,18,20,21,23). The lowest BCUT2D eigenvalue weighted by Crippen LogP contribution is -2.28. The largest absolute Gasteiger partial charge is 0.464 e. The number of benzene rings is 1. The van der Waals surface area contributed by atoms with E-state index in [1.54, 1.807) is 18.3 Å². The summed E-state index contributed by atoms with van der Waals surface area (Å²) in [6.45, 7) is 2.40. The molecule has 2 aromatic heterocycles. The zero-order valence-electron chi connectivity index (χ0n) is 13.7. The number of amides is 2. The molecule has 0 spiro atoms. The smallest absolute Gasteiger partial charge is 0.356 e. The fraction of sp³-hybridized carbons (Fsp3) is 0.176. The maximum absolute atomic E-state index is 11.6. The molecule has 0 saturated heterocycles. The van der Waals surface area contributed by atoms with Gasteiger partial charge < -0.3 is 10.1 Å². The Balaban J connectivity index is 1.85. The van der Waals surface area contributed by atoms with Gasteiger partial charge in [0, 0.05) is 18.3 Å². The fourth-order valence-corrected chi connectivity index (χ4v) is 3.09.